The lowest BCUT2D eigenvalue weighted by molar-refractivity contribution is 0.450. The minimum Gasteiger partial charge on any atom is -0.317 e. The molecule has 1 aromatic carbocycles. The van der Waals surface area contributed by atoms with Crippen LogP contribution in [0.25, 0.3) is 0 Å². The average Bonchev–Trinajstić information content (AvgIpc) is 2.75. The summed E-state index contributed by atoms with van der Waals surface area (Å²) < 4.78 is 12.9. The van der Waals surface area contributed by atoms with Crippen LogP contribution in [0.5, 0.6) is 0 Å². The van der Waals surface area contributed by atoms with Gasteiger partial charge in [0.05, 0.1) is 0 Å². The molecule has 2 rings (SSSR count). The molecule has 0 radical (unpaired) electrons. The molecule has 0 spiro atoms. The van der Waals surface area contributed by atoms with Gasteiger partial charge in [-0.2, -0.15) is 0 Å². The van der Waals surface area contributed by atoms with Crippen molar-refractivity contribution in [3.63, 3.8) is 0 Å². The minimum atomic E-state index is -0.134. The molecule has 1 aliphatic carbocycles. The number of nitrogens with one attached hydrogen (secondary N) is 1. The summed E-state index contributed by atoms with van der Waals surface area (Å²) in [4.78, 5) is 0. The lowest BCUT2D eigenvalue weighted by atomic mass is 9.89. The molecule has 0 aliphatic heterocycles. The van der Waals surface area contributed by atoms with Gasteiger partial charge in [0, 0.05) is 0 Å². The molecule has 0 saturated heterocycles. The summed E-state index contributed by atoms with van der Waals surface area (Å²) in [6, 6.07) is 7.06. The molecule has 16 heavy (non-hydrogen) atoms. The van der Waals surface area contributed by atoms with Gasteiger partial charge in [0.2, 0.25) is 0 Å². The molecular weight excluding hydrogens is 201 g/mol. The normalized spacial score (nSPS) is 24.9. The van der Waals surface area contributed by atoms with E-state index in [-0.39, 0.29) is 5.82 Å². The average molecular weight is 221 g/mol. The van der Waals surface area contributed by atoms with Crippen LogP contribution in [0.15, 0.2) is 24.3 Å². The van der Waals surface area contributed by atoms with Crippen molar-refractivity contribution in [3.8, 4) is 0 Å². The van der Waals surface area contributed by atoms with Crippen LogP contribution < -0.4 is 5.32 Å². The molecule has 0 heterocycles. The van der Waals surface area contributed by atoms with Crippen LogP contribution in [0.3, 0.4) is 0 Å². The summed E-state index contributed by atoms with van der Waals surface area (Å²) in [5.41, 5.74) is 1.31. The van der Waals surface area contributed by atoms with Gasteiger partial charge in [0.15, 0.2) is 0 Å². The molecule has 88 valence electrons. The number of hydrogen-bond acceptors (Lipinski definition) is 1. The molecule has 0 aromatic heterocycles. The lowest BCUT2D eigenvalue weighted by Gasteiger charge is -2.20. The van der Waals surface area contributed by atoms with Crippen molar-refractivity contribution in [2.24, 2.45) is 5.92 Å². The van der Waals surface area contributed by atoms with Gasteiger partial charge in [-0.3, -0.25) is 0 Å². The molecule has 1 nitrogen and oxygen atoms in total. The Bertz CT molecular complexity index is 320. The van der Waals surface area contributed by atoms with E-state index in [1.54, 1.807) is 12.1 Å². The van der Waals surface area contributed by atoms with Crippen LogP contribution in [0.2, 0.25) is 0 Å². The smallest absolute Gasteiger partial charge is 0.123 e. The number of rotatable bonds is 4. The first-order valence-electron chi connectivity index (χ1n) is 6.27. The number of halogens is 1. The third-order valence-electron chi connectivity index (χ3n) is 3.61. The van der Waals surface area contributed by atoms with Crippen molar-refractivity contribution >= 4 is 0 Å². The predicted molar refractivity (Wildman–Crippen MR) is 65.0 cm³/mol. The second kappa shape index (κ2) is 5.44. The predicted octanol–water partition coefficient (Wildman–Crippen LogP) is 3.32. The van der Waals surface area contributed by atoms with Gasteiger partial charge in [-0.15, -0.1) is 0 Å². The Morgan fingerprint density at radius 3 is 2.69 bits per heavy atom. The first-order valence-corrected chi connectivity index (χ1v) is 6.27. The van der Waals surface area contributed by atoms with Crippen molar-refractivity contribution < 1.29 is 4.39 Å². The van der Waals surface area contributed by atoms with Crippen molar-refractivity contribution in [1.29, 1.82) is 0 Å². The van der Waals surface area contributed by atoms with Crippen LogP contribution in [0.1, 0.15) is 37.7 Å². The Morgan fingerprint density at radius 1 is 1.25 bits per heavy atom. The summed E-state index contributed by atoms with van der Waals surface area (Å²) in [5.74, 6) is 1.22. The zero-order chi connectivity index (χ0) is 11.4. The van der Waals surface area contributed by atoms with Crippen molar-refractivity contribution in [2.75, 3.05) is 13.1 Å². The fourth-order valence-corrected chi connectivity index (χ4v) is 2.76. The fraction of sp³-hybridized carbons (Fsp3) is 0.571. The van der Waals surface area contributed by atoms with Crippen LogP contribution in [0, 0.1) is 11.7 Å². The second-order valence-electron chi connectivity index (χ2n) is 4.66. The van der Waals surface area contributed by atoms with Gasteiger partial charge < -0.3 is 5.32 Å². The van der Waals surface area contributed by atoms with Gasteiger partial charge in [0.25, 0.3) is 0 Å². The van der Waals surface area contributed by atoms with Gasteiger partial charge in [-0.25, -0.2) is 4.39 Å². The van der Waals surface area contributed by atoms with E-state index in [1.807, 2.05) is 12.1 Å². The molecular formula is C14H20FN. The molecule has 1 aromatic rings. The van der Waals surface area contributed by atoms with E-state index < -0.39 is 0 Å². The highest BCUT2D eigenvalue weighted by Gasteiger charge is 2.27. The Morgan fingerprint density at radius 2 is 2.00 bits per heavy atom. The third-order valence-corrected chi connectivity index (χ3v) is 3.61. The van der Waals surface area contributed by atoms with E-state index in [0.717, 1.165) is 19.0 Å². The summed E-state index contributed by atoms with van der Waals surface area (Å²) in [6.45, 7) is 4.27. The Balaban J connectivity index is 2.04. The quantitative estimate of drug-likeness (QED) is 0.822. The van der Waals surface area contributed by atoms with E-state index in [0.29, 0.717) is 5.92 Å². The van der Waals surface area contributed by atoms with Crippen molar-refractivity contribution in [1.82, 2.24) is 5.32 Å². The highest BCUT2D eigenvalue weighted by Crippen LogP contribution is 2.39. The largest absolute Gasteiger partial charge is 0.317 e. The van der Waals surface area contributed by atoms with Crippen LogP contribution in [0.4, 0.5) is 4.39 Å². The summed E-state index contributed by atoms with van der Waals surface area (Å²) in [6.07, 6.45) is 3.86. The zero-order valence-electron chi connectivity index (χ0n) is 9.88. The maximum atomic E-state index is 12.9. The fourth-order valence-electron chi connectivity index (χ4n) is 2.76. The van der Waals surface area contributed by atoms with Gasteiger partial charge >= 0.3 is 0 Å². The van der Waals surface area contributed by atoms with E-state index in [9.17, 15) is 4.39 Å². The Kier molecular flexibility index (Phi) is 3.94. The molecule has 2 heteroatoms. The van der Waals surface area contributed by atoms with Gasteiger partial charge in [-0.1, -0.05) is 25.5 Å². The molecule has 1 N–H and O–H groups in total. The third kappa shape index (κ3) is 2.62. The topological polar surface area (TPSA) is 12.0 Å². The summed E-state index contributed by atoms with van der Waals surface area (Å²) in [7, 11) is 0. The standard InChI is InChI=1S/C14H20FN/c1-2-16-10-12-4-3-5-14(12)11-6-8-13(15)9-7-11/h6-9,12,14,16H,2-5,10H2,1H3. The summed E-state index contributed by atoms with van der Waals surface area (Å²) >= 11 is 0. The highest BCUT2D eigenvalue weighted by atomic mass is 19.1. The number of hydrogen-bond donors (Lipinski definition) is 1. The zero-order valence-corrected chi connectivity index (χ0v) is 9.88. The molecule has 1 saturated carbocycles. The Labute approximate surface area is 97.1 Å². The van der Waals surface area contributed by atoms with Gasteiger partial charge in [0.1, 0.15) is 5.82 Å². The first kappa shape index (κ1) is 11.6. The van der Waals surface area contributed by atoms with Crippen molar-refractivity contribution in [3.05, 3.63) is 35.6 Å². The first-order chi connectivity index (χ1) is 7.81. The lowest BCUT2D eigenvalue weighted by Crippen LogP contribution is -2.24. The van der Waals surface area contributed by atoms with Crippen LogP contribution in [-0.2, 0) is 0 Å². The van der Waals surface area contributed by atoms with Crippen molar-refractivity contribution in [2.45, 2.75) is 32.1 Å². The Hall–Kier alpha value is -0.890. The van der Waals surface area contributed by atoms with Crippen LogP contribution >= 0.6 is 0 Å². The summed E-state index contributed by atoms with van der Waals surface area (Å²) in [5, 5.41) is 3.43. The molecule has 1 aliphatic rings. The molecule has 1 fully saturated rings. The molecule has 2 unspecified atom stereocenters. The van der Waals surface area contributed by atoms with Crippen LogP contribution in [-0.4, -0.2) is 13.1 Å². The minimum absolute atomic E-state index is 0.134. The maximum absolute atomic E-state index is 12.9. The van der Waals surface area contributed by atoms with E-state index in [2.05, 4.69) is 12.2 Å². The van der Waals surface area contributed by atoms with E-state index in [4.69, 9.17) is 0 Å². The molecule has 0 amide bonds. The second-order valence-corrected chi connectivity index (χ2v) is 4.66. The van der Waals surface area contributed by atoms with Gasteiger partial charge in [-0.05, 0) is 55.5 Å². The number of benzene rings is 1. The molecule has 0 bridgehead atoms. The van der Waals surface area contributed by atoms with E-state index in [1.165, 1.54) is 24.8 Å². The maximum Gasteiger partial charge on any atom is 0.123 e. The SMILES string of the molecule is CCNCC1CCCC1c1ccc(F)cc1. The molecule has 2 atom stereocenters. The monoisotopic (exact) mass is 221 g/mol. The van der Waals surface area contributed by atoms with E-state index >= 15 is 0 Å². The highest BCUT2D eigenvalue weighted by molar-refractivity contribution is 5.22.